The zero-order valence-electron chi connectivity index (χ0n) is 13.3. The van der Waals surface area contributed by atoms with Crippen LogP contribution in [0.25, 0.3) is 32.9 Å². The molecular formula is C18H15N3O3S. The van der Waals surface area contributed by atoms with Crippen molar-refractivity contribution in [2.45, 2.75) is 0 Å². The Labute approximate surface area is 143 Å². The van der Waals surface area contributed by atoms with Gasteiger partial charge in [-0.05, 0) is 29.8 Å². The van der Waals surface area contributed by atoms with E-state index < -0.39 is 10.0 Å². The minimum Gasteiger partial charge on any atom is -0.357 e. The van der Waals surface area contributed by atoms with Crippen molar-refractivity contribution in [1.82, 2.24) is 9.97 Å². The van der Waals surface area contributed by atoms with Gasteiger partial charge in [-0.2, -0.15) is 0 Å². The molecule has 0 aliphatic heterocycles. The van der Waals surface area contributed by atoms with Crippen LogP contribution in [0.15, 0.2) is 59.5 Å². The van der Waals surface area contributed by atoms with E-state index in [1.54, 1.807) is 18.3 Å². The van der Waals surface area contributed by atoms with Gasteiger partial charge in [0.15, 0.2) is 0 Å². The first-order valence-corrected chi connectivity index (χ1v) is 9.52. The Kier molecular flexibility index (Phi) is 3.40. The molecule has 0 radical (unpaired) electrons. The number of aromatic nitrogens is 2. The lowest BCUT2D eigenvalue weighted by Gasteiger charge is -2.11. The van der Waals surface area contributed by atoms with Crippen molar-refractivity contribution in [3.8, 4) is 11.1 Å². The van der Waals surface area contributed by atoms with Crippen LogP contribution in [0.2, 0.25) is 0 Å². The van der Waals surface area contributed by atoms with Crippen LogP contribution in [0.5, 0.6) is 0 Å². The molecule has 4 rings (SSSR count). The lowest BCUT2D eigenvalue weighted by Crippen LogP contribution is -2.10. The van der Waals surface area contributed by atoms with Gasteiger partial charge in [-0.3, -0.25) is 9.52 Å². The Morgan fingerprint density at radius 2 is 1.80 bits per heavy atom. The van der Waals surface area contributed by atoms with Crippen molar-refractivity contribution in [2.75, 3.05) is 11.0 Å². The number of pyridine rings is 1. The SMILES string of the molecule is CS(=O)(=O)Nc1ccccc1-c1ccc2[nH]c(=O)c3[nH]ccc3c2c1. The third-order valence-corrected chi connectivity index (χ3v) is 4.66. The largest absolute Gasteiger partial charge is 0.357 e. The number of rotatable bonds is 3. The van der Waals surface area contributed by atoms with Crippen LogP contribution < -0.4 is 10.3 Å². The summed E-state index contributed by atoms with van der Waals surface area (Å²) in [4.78, 5) is 17.9. The Morgan fingerprint density at radius 1 is 1.00 bits per heavy atom. The average molecular weight is 353 g/mol. The fourth-order valence-corrected chi connectivity index (χ4v) is 3.61. The first-order valence-electron chi connectivity index (χ1n) is 7.63. The maximum Gasteiger partial charge on any atom is 0.272 e. The maximum absolute atomic E-state index is 12.1. The highest BCUT2D eigenvalue weighted by molar-refractivity contribution is 7.92. The molecule has 2 heterocycles. The lowest BCUT2D eigenvalue weighted by molar-refractivity contribution is 0.607. The van der Waals surface area contributed by atoms with E-state index in [1.807, 2.05) is 36.4 Å². The summed E-state index contributed by atoms with van der Waals surface area (Å²) >= 11 is 0. The summed E-state index contributed by atoms with van der Waals surface area (Å²) in [6, 6.07) is 14.7. The van der Waals surface area contributed by atoms with E-state index in [2.05, 4.69) is 14.7 Å². The number of benzene rings is 2. The molecule has 0 atom stereocenters. The quantitative estimate of drug-likeness (QED) is 0.528. The Balaban J connectivity index is 1.97. The van der Waals surface area contributed by atoms with E-state index in [0.29, 0.717) is 11.2 Å². The molecule has 2 aromatic heterocycles. The third-order valence-electron chi connectivity index (χ3n) is 4.07. The summed E-state index contributed by atoms with van der Waals surface area (Å²) in [6.07, 6.45) is 2.85. The third kappa shape index (κ3) is 2.78. The molecule has 6 nitrogen and oxygen atoms in total. The van der Waals surface area contributed by atoms with Crippen LogP contribution in [-0.2, 0) is 10.0 Å². The molecule has 0 aliphatic rings. The number of aromatic amines is 2. The zero-order chi connectivity index (χ0) is 17.6. The molecule has 0 bridgehead atoms. The molecule has 0 amide bonds. The minimum atomic E-state index is -3.38. The highest BCUT2D eigenvalue weighted by atomic mass is 32.2. The van der Waals surface area contributed by atoms with E-state index in [9.17, 15) is 13.2 Å². The normalized spacial score (nSPS) is 11.9. The van der Waals surface area contributed by atoms with Gasteiger partial charge in [-0.25, -0.2) is 8.42 Å². The molecule has 25 heavy (non-hydrogen) atoms. The summed E-state index contributed by atoms with van der Waals surface area (Å²) in [5, 5.41) is 1.72. The highest BCUT2D eigenvalue weighted by Gasteiger charge is 2.11. The van der Waals surface area contributed by atoms with Crippen LogP contribution >= 0.6 is 0 Å². The molecule has 0 saturated carbocycles. The fourth-order valence-electron chi connectivity index (χ4n) is 3.03. The second-order valence-electron chi connectivity index (χ2n) is 5.90. The van der Waals surface area contributed by atoms with Crippen LogP contribution in [-0.4, -0.2) is 24.6 Å². The minimum absolute atomic E-state index is 0.167. The van der Waals surface area contributed by atoms with E-state index in [4.69, 9.17) is 0 Å². The van der Waals surface area contributed by atoms with Gasteiger partial charge in [-0.15, -0.1) is 0 Å². The maximum atomic E-state index is 12.1. The number of hydrogen-bond donors (Lipinski definition) is 3. The number of H-pyrrole nitrogens is 2. The van der Waals surface area contributed by atoms with Crippen molar-refractivity contribution in [3.05, 3.63) is 65.1 Å². The molecule has 7 heteroatoms. The summed E-state index contributed by atoms with van der Waals surface area (Å²) in [6.45, 7) is 0. The second kappa shape index (κ2) is 5.49. The molecule has 0 spiro atoms. The predicted molar refractivity (Wildman–Crippen MR) is 100 cm³/mol. The van der Waals surface area contributed by atoms with Crippen molar-refractivity contribution in [2.24, 2.45) is 0 Å². The smallest absolute Gasteiger partial charge is 0.272 e. The standard InChI is InChI=1S/C18H15N3O3S/c1-25(23,24)21-16-5-3-2-4-12(16)11-6-7-15-14(10-11)13-8-9-19-17(13)18(22)20-15/h2-10,19,21H,1H3,(H,20,22). The molecule has 126 valence electrons. The average Bonchev–Trinajstić information content (AvgIpc) is 3.04. The van der Waals surface area contributed by atoms with Gasteiger partial charge in [0.25, 0.3) is 5.56 Å². The monoisotopic (exact) mass is 353 g/mol. The van der Waals surface area contributed by atoms with Crippen molar-refractivity contribution < 1.29 is 8.42 Å². The van der Waals surface area contributed by atoms with Gasteiger partial charge in [0, 0.05) is 28.0 Å². The summed E-state index contributed by atoms with van der Waals surface area (Å²) in [7, 11) is -3.38. The van der Waals surface area contributed by atoms with Crippen molar-refractivity contribution in [1.29, 1.82) is 0 Å². The van der Waals surface area contributed by atoms with E-state index in [0.717, 1.165) is 33.7 Å². The number of para-hydroxylation sites is 1. The Bertz CT molecular complexity index is 1270. The van der Waals surface area contributed by atoms with Gasteiger partial charge in [-0.1, -0.05) is 24.3 Å². The van der Waals surface area contributed by atoms with E-state index in [-0.39, 0.29) is 5.56 Å². The van der Waals surface area contributed by atoms with Crippen LogP contribution in [0, 0.1) is 0 Å². The summed E-state index contributed by atoms with van der Waals surface area (Å²) in [5.74, 6) is 0. The Morgan fingerprint density at radius 3 is 2.60 bits per heavy atom. The first-order chi connectivity index (χ1) is 11.9. The molecule has 4 aromatic rings. The fraction of sp³-hybridized carbons (Fsp3) is 0.0556. The molecular weight excluding hydrogens is 338 g/mol. The molecule has 3 N–H and O–H groups in total. The van der Waals surface area contributed by atoms with E-state index in [1.165, 1.54) is 0 Å². The highest BCUT2D eigenvalue weighted by Crippen LogP contribution is 2.32. The Hall–Kier alpha value is -3.06. The predicted octanol–water partition coefficient (Wildman–Crippen LogP) is 3.05. The number of nitrogens with one attached hydrogen (secondary N) is 3. The molecule has 0 fully saturated rings. The topological polar surface area (TPSA) is 94.8 Å². The molecule has 0 aliphatic carbocycles. The van der Waals surface area contributed by atoms with Crippen molar-refractivity contribution >= 4 is 37.5 Å². The zero-order valence-corrected chi connectivity index (χ0v) is 14.1. The molecule has 2 aromatic carbocycles. The molecule has 0 unspecified atom stereocenters. The van der Waals surface area contributed by atoms with Crippen molar-refractivity contribution in [3.63, 3.8) is 0 Å². The molecule has 0 saturated heterocycles. The lowest BCUT2D eigenvalue weighted by atomic mass is 10.0. The number of fused-ring (bicyclic) bond motifs is 3. The summed E-state index contributed by atoms with van der Waals surface area (Å²) < 4.78 is 25.8. The first kappa shape index (κ1) is 15.5. The van der Waals surface area contributed by atoms with Gasteiger partial charge in [0.05, 0.1) is 11.9 Å². The van der Waals surface area contributed by atoms with Gasteiger partial charge in [0.2, 0.25) is 10.0 Å². The van der Waals surface area contributed by atoms with Gasteiger partial charge < -0.3 is 9.97 Å². The second-order valence-corrected chi connectivity index (χ2v) is 7.65. The van der Waals surface area contributed by atoms with Gasteiger partial charge >= 0.3 is 0 Å². The summed E-state index contributed by atoms with van der Waals surface area (Å²) in [5.41, 5.74) is 3.22. The number of hydrogen-bond acceptors (Lipinski definition) is 3. The number of sulfonamides is 1. The van der Waals surface area contributed by atoms with Crippen LogP contribution in [0.3, 0.4) is 0 Å². The number of anilines is 1. The van der Waals surface area contributed by atoms with Crippen LogP contribution in [0.4, 0.5) is 5.69 Å². The van der Waals surface area contributed by atoms with E-state index >= 15 is 0 Å². The van der Waals surface area contributed by atoms with Crippen LogP contribution in [0.1, 0.15) is 0 Å². The van der Waals surface area contributed by atoms with Gasteiger partial charge in [0.1, 0.15) is 5.52 Å².